The lowest BCUT2D eigenvalue weighted by Crippen LogP contribution is -2.37. The topological polar surface area (TPSA) is 73.7 Å². The minimum atomic E-state index is -0.490. The zero-order valence-corrected chi connectivity index (χ0v) is 16.2. The van der Waals surface area contributed by atoms with E-state index in [0.717, 1.165) is 16.9 Å². The lowest BCUT2D eigenvalue weighted by atomic mass is 10.1. The highest BCUT2D eigenvalue weighted by Crippen LogP contribution is 2.26. The first-order valence-electron chi connectivity index (χ1n) is 8.87. The molecule has 144 valence electrons. The van der Waals surface area contributed by atoms with Gasteiger partial charge in [-0.15, -0.1) is 11.6 Å². The normalized spacial score (nSPS) is 13.2. The number of rotatable bonds is 5. The van der Waals surface area contributed by atoms with Crippen molar-refractivity contribution in [1.82, 2.24) is 14.7 Å². The molecule has 7 nitrogen and oxygen atoms in total. The number of esters is 1. The van der Waals surface area contributed by atoms with E-state index in [1.54, 1.807) is 16.5 Å². The first-order valence-corrected chi connectivity index (χ1v) is 9.41. The van der Waals surface area contributed by atoms with Crippen LogP contribution in [0.4, 0.5) is 4.79 Å². The van der Waals surface area contributed by atoms with Crippen molar-refractivity contribution in [1.29, 1.82) is 0 Å². The number of hydrogen-bond donors (Lipinski definition) is 0. The summed E-state index contributed by atoms with van der Waals surface area (Å²) in [6.45, 7) is 4.89. The molecule has 3 rings (SSSR count). The second-order valence-electron chi connectivity index (χ2n) is 6.22. The van der Waals surface area contributed by atoms with E-state index in [1.807, 2.05) is 31.2 Å². The Morgan fingerprint density at radius 3 is 2.63 bits per heavy atom. The summed E-state index contributed by atoms with van der Waals surface area (Å²) in [7, 11) is 0. The molecule has 0 saturated heterocycles. The van der Waals surface area contributed by atoms with E-state index < -0.39 is 12.1 Å². The van der Waals surface area contributed by atoms with Crippen molar-refractivity contribution >= 4 is 23.7 Å². The van der Waals surface area contributed by atoms with Crippen LogP contribution in [0.3, 0.4) is 0 Å². The lowest BCUT2D eigenvalue weighted by molar-refractivity contribution is 0.0514. The fourth-order valence-corrected chi connectivity index (χ4v) is 3.13. The average molecular weight is 392 g/mol. The van der Waals surface area contributed by atoms with Gasteiger partial charge in [0, 0.05) is 18.5 Å². The molecule has 2 heterocycles. The fraction of sp³-hybridized carbons (Fsp3) is 0.421. The first kappa shape index (κ1) is 19.2. The van der Waals surface area contributed by atoms with Crippen molar-refractivity contribution in [2.75, 3.05) is 25.6 Å². The van der Waals surface area contributed by atoms with Crippen LogP contribution in [0, 0.1) is 6.92 Å². The van der Waals surface area contributed by atoms with E-state index in [2.05, 4.69) is 5.10 Å². The Morgan fingerprint density at radius 1 is 1.22 bits per heavy atom. The number of nitrogens with zero attached hydrogens (tertiary/aromatic N) is 3. The number of alkyl halides is 1. The summed E-state index contributed by atoms with van der Waals surface area (Å²) >= 11 is 5.58. The van der Waals surface area contributed by atoms with Gasteiger partial charge in [-0.05, 0) is 26.0 Å². The number of fused-ring (bicyclic) bond motifs is 1. The van der Waals surface area contributed by atoms with Crippen LogP contribution in [0.5, 0.6) is 0 Å². The highest BCUT2D eigenvalue weighted by molar-refractivity contribution is 6.18. The molecule has 0 fully saturated rings. The Kier molecular flexibility index (Phi) is 6.01. The van der Waals surface area contributed by atoms with Gasteiger partial charge in [0.15, 0.2) is 5.69 Å². The van der Waals surface area contributed by atoms with Gasteiger partial charge in [-0.2, -0.15) is 5.10 Å². The zero-order valence-electron chi connectivity index (χ0n) is 15.4. The SMILES string of the molecule is CCOC(=O)c1nn(-c2ccc(C)cc2)c2c1CN(C(=O)OCCCl)CC2. The third-order valence-corrected chi connectivity index (χ3v) is 4.52. The molecular weight excluding hydrogens is 370 g/mol. The van der Waals surface area contributed by atoms with Crippen molar-refractivity contribution in [3.8, 4) is 5.69 Å². The van der Waals surface area contributed by atoms with Crippen molar-refractivity contribution < 1.29 is 19.1 Å². The largest absolute Gasteiger partial charge is 0.461 e. The maximum Gasteiger partial charge on any atom is 0.410 e. The Bertz CT molecular complexity index is 832. The Morgan fingerprint density at radius 2 is 1.96 bits per heavy atom. The second-order valence-corrected chi connectivity index (χ2v) is 6.59. The summed E-state index contributed by atoms with van der Waals surface area (Å²) in [5.41, 5.74) is 3.85. The molecule has 1 aliphatic heterocycles. The van der Waals surface area contributed by atoms with Gasteiger partial charge in [-0.1, -0.05) is 17.7 Å². The molecule has 1 aromatic carbocycles. The van der Waals surface area contributed by atoms with Crippen molar-refractivity contribution in [3.63, 3.8) is 0 Å². The maximum absolute atomic E-state index is 12.4. The van der Waals surface area contributed by atoms with Gasteiger partial charge in [-0.25, -0.2) is 14.3 Å². The second kappa shape index (κ2) is 8.43. The molecule has 0 radical (unpaired) electrons. The summed E-state index contributed by atoms with van der Waals surface area (Å²) in [4.78, 5) is 26.2. The molecule has 0 N–H and O–H groups in total. The van der Waals surface area contributed by atoms with Crippen LogP contribution >= 0.6 is 11.6 Å². The van der Waals surface area contributed by atoms with E-state index in [4.69, 9.17) is 21.1 Å². The molecule has 8 heteroatoms. The molecule has 0 spiro atoms. The summed E-state index contributed by atoms with van der Waals surface area (Å²) in [5, 5.41) is 4.51. The molecular formula is C19H22ClN3O4. The maximum atomic E-state index is 12.4. The van der Waals surface area contributed by atoms with Gasteiger partial charge < -0.3 is 14.4 Å². The highest BCUT2D eigenvalue weighted by atomic mass is 35.5. The Labute approximate surface area is 162 Å². The van der Waals surface area contributed by atoms with Crippen LogP contribution in [0.15, 0.2) is 24.3 Å². The van der Waals surface area contributed by atoms with Crippen molar-refractivity contribution in [2.45, 2.75) is 26.8 Å². The number of aromatic nitrogens is 2. The van der Waals surface area contributed by atoms with Gasteiger partial charge >= 0.3 is 12.1 Å². The van der Waals surface area contributed by atoms with Crippen molar-refractivity contribution in [3.05, 3.63) is 46.8 Å². The molecule has 0 saturated carbocycles. The van der Waals surface area contributed by atoms with E-state index in [1.165, 1.54) is 0 Å². The third kappa shape index (κ3) is 4.08. The first-order chi connectivity index (χ1) is 13.0. The van der Waals surface area contributed by atoms with E-state index in [9.17, 15) is 9.59 Å². The summed E-state index contributed by atoms with van der Waals surface area (Å²) < 4.78 is 12.0. The average Bonchev–Trinajstić information content (AvgIpc) is 3.06. The summed E-state index contributed by atoms with van der Waals surface area (Å²) in [6, 6.07) is 7.90. The fourth-order valence-electron chi connectivity index (χ4n) is 3.05. The molecule has 1 aliphatic rings. The number of hydrogen-bond acceptors (Lipinski definition) is 5. The molecule has 2 aromatic rings. The van der Waals surface area contributed by atoms with Crippen LogP contribution < -0.4 is 0 Å². The van der Waals surface area contributed by atoms with Crippen LogP contribution in [-0.4, -0.2) is 52.4 Å². The van der Waals surface area contributed by atoms with Crippen LogP contribution in [0.1, 0.15) is 34.2 Å². The number of ether oxygens (including phenoxy) is 2. The summed E-state index contributed by atoms with van der Waals surface area (Å²) in [5.74, 6) is -0.250. The zero-order chi connectivity index (χ0) is 19.4. The molecule has 0 bridgehead atoms. The third-order valence-electron chi connectivity index (χ3n) is 4.37. The van der Waals surface area contributed by atoms with E-state index in [-0.39, 0.29) is 31.3 Å². The van der Waals surface area contributed by atoms with E-state index >= 15 is 0 Å². The number of aryl methyl sites for hydroxylation is 1. The van der Waals surface area contributed by atoms with Gasteiger partial charge in [0.25, 0.3) is 0 Å². The number of carbonyl (C=O) groups is 2. The van der Waals surface area contributed by atoms with Crippen molar-refractivity contribution in [2.24, 2.45) is 0 Å². The minimum absolute atomic E-state index is 0.150. The lowest BCUT2D eigenvalue weighted by Gasteiger charge is -2.27. The summed E-state index contributed by atoms with van der Waals surface area (Å²) in [6.07, 6.45) is 0.116. The number of halogens is 1. The predicted octanol–water partition coefficient (Wildman–Crippen LogP) is 3.09. The molecule has 1 aromatic heterocycles. The molecule has 0 aliphatic carbocycles. The quantitative estimate of drug-likeness (QED) is 0.578. The van der Waals surface area contributed by atoms with Crippen LogP contribution in [0.25, 0.3) is 5.69 Å². The number of carbonyl (C=O) groups excluding carboxylic acids is 2. The highest BCUT2D eigenvalue weighted by Gasteiger charge is 2.31. The molecule has 0 unspecified atom stereocenters. The van der Waals surface area contributed by atoms with Gasteiger partial charge in [0.2, 0.25) is 0 Å². The predicted molar refractivity (Wildman–Crippen MR) is 100 cm³/mol. The Balaban J connectivity index is 1.97. The van der Waals surface area contributed by atoms with Gasteiger partial charge in [0.05, 0.1) is 30.4 Å². The van der Waals surface area contributed by atoms with Gasteiger partial charge in [-0.3, -0.25) is 0 Å². The van der Waals surface area contributed by atoms with Crippen LogP contribution in [-0.2, 0) is 22.4 Å². The van der Waals surface area contributed by atoms with E-state index in [0.29, 0.717) is 18.5 Å². The van der Waals surface area contributed by atoms with Crippen LogP contribution in [0.2, 0.25) is 0 Å². The smallest absolute Gasteiger partial charge is 0.410 e. The molecule has 0 atom stereocenters. The Hall–Kier alpha value is -2.54. The monoisotopic (exact) mass is 391 g/mol. The number of amides is 1. The standard InChI is InChI=1S/C19H22ClN3O4/c1-3-26-18(24)17-15-12-22(19(25)27-11-9-20)10-8-16(15)23(21-17)14-6-4-13(2)5-7-14/h4-7H,3,8-12H2,1-2H3. The minimum Gasteiger partial charge on any atom is -0.461 e. The molecule has 1 amide bonds. The number of benzene rings is 1. The van der Waals surface area contributed by atoms with Gasteiger partial charge in [0.1, 0.15) is 6.61 Å². The molecule has 27 heavy (non-hydrogen) atoms.